The van der Waals surface area contributed by atoms with Crippen molar-refractivity contribution in [3.05, 3.63) is 33.8 Å². The van der Waals surface area contributed by atoms with Crippen molar-refractivity contribution in [1.29, 1.82) is 0 Å². The van der Waals surface area contributed by atoms with Crippen LogP contribution in [0.3, 0.4) is 0 Å². The molecule has 0 aliphatic rings. The first kappa shape index (κ1) is 16.7. The van der Waals surface area contributed by atoms with Crippen molar-refractivity contribution in [2.24, 2.45) is 0 Å². The van der Waals surface area contributed by atoms with E-state index in [9.17, 15) is 9.59 Å². The fourth-order valence-electron chi connectivity index (χ4n) is 1.79. The van der Waals surface area contributed by atoms with Gasteiger partial charge in [0, 0.05) is 17.4 Å². The fraction of sp³-hybridized carbons (Fsp3) is 0.467. The van der Waals surface area contributed by atoms with Gasteiger partial charge in [0.25, 0.3) is 5.91 Å². The number of unbranched alkanes of at least 4 members (excludes halogenated alkanes) is 2. The van der Waals surface area contributed by atoms with E-state index in [-0.39, 0.29) is 11.9 Å². The van der Waals surface area contributed by atoms with Gasteiger partial charge in [-0.1, -0.05) is 18.6 Å². The van der Waals surface area contributed by atoms with Gasteiger partial charge in [-0.05, 0) is 47.3 Å². The Kier molecular flexibility index (Phi) is 7.30. The van der Waals surface area contributed by atoms with Gasteiger partial charge < -0.3 is 10.1 Å². The molecule has 0 heterocycles. The lowest BCUT2D eigenvalue weighted by atomic mass is 10.1. The van der Waals surface area contributed by atoms with E-state index in [1.165, 1.54) is 7.11 Å². The minimum Gasteiger partial charge on any atom is -0.469 e. The van der Waals surface area contributed by atoms with Crippen molar-refractivity contribution in [3.8, 4) is 0 Å². The number of benzene rings is 1. The van der Waals surface area contributed by atoms with Crippen LogP contribution in [0.2, 0.25) is 0 Å². The summed E-state index contributed by atoms with van der Waals surface area (Å²) in [6.45, 7) is 2.56. The van der Waals surface area contributed by atoms with Gasteiger partial charge in [0.2, 0.25) is 0 Å². The summed E-state index contributed by atoms with van der Waals surface area (Å²) in [5, 5.41) is 2.88. The van der Waals surface area contributed by atoms with Crippen LogP contribution in [0.5, 0.6) is 0 Å². The molecule has 0 aliphatic carbocycles. The smallest absolute Gasteiger partial charge is 0.305 e. The van der Waals surface area contributed by atoms with Crippen molar-refractivity contribution in [1.82, 2.24) is 5.32 Å². The number of esters is 1. The summed E-state index contributed by atoms with van der Waals surface area (Å²) in [7, 11) is 1.39. The SMILES string of the molecule is COC(=O)CCCCCNC(=O)c1cccc(C)c1Br. The first-order valence-electron chi connectivity index (χ1n) is 6.66. The highest BCUT2D eigenvalue weighted by atomic mass is 79.9. The highest BCUT2D eigenvalue weighted by Gasteiger charge is 2.10. The third kappa shape index (κ3) is 5.33. The number of rotatable bonds is 7. The number of halogens is 1. The van der Waals surface area contributed by atoms with Gasteiger partial charge >= 0.3 is 5.97 Å². The molecule has 1 aromatic carbocycles. The van der Waals surface area contributed by atoms with E-state index in [1.807, 2.05) is 19.1 Å². The Labute approximate surface area is 128 Å². The van der Waals surface area contributed by atoms with Crippen molar-refractivity contribution in [2.45, 2.75) is 32.6 Å². The second-order valence-corrected chi connectivity index (χ2v) is 5.37. The molecule has 110 valence electrons. The maximum Gasteiger partial charge on any atom is 0.305 e. The number of ether oxygens (including phenoxy) is 1. The molecule has 1 rings (SSSR count). The number of hydrogen-bond acceptors (Lipinski definition) is 3. The Morgan fingerprint density at radius 1 is 1.25 bits per heavy atom. The summed E-state index contributed by atoms with van der Waals surface area (Å²) in [5.41, 5.74) is 1.69. The summed E-state index contributed by atoms with van der Waals surface area (Å²) in [4.78, 5) is 22.9. The molecule has 0 unspecified atom stereocenters. The van der Waals surface area contributed by atoms with Gasteiger partial charge in [-0.25, -0.2) is 0 Å². The number of carbonyl (C=O) groups excluding carboxylic acids is 2. The fourth-order valence-corrected chi connectivity index (χ4v) is 2.24. The molecule has 0 aromatic heterocycles. The van der Waals surface area contributed by atoms with Crippen LogP contribution in [0.4, 0.5) is 0 Å². The Balaban J connectivity index is 2.27. The topological polar surface area (TPSA) is 55.4 Å². The average molecular weight is 342 g/mol. The summed E-state index contributed by atoms with van der Waals surface area (Å²) in [6, 6.07) is 5.61. The second-order valence-electron chi connectivity index (χ2n) is 4.58. The number of methoxy groups -OCH3 is 1. The zero-order valence-corrected chi connectivity index (χ0v) is 13.5. The van der Waals surface area contributed by atoms with E-state index >= 15 is 0 Å². The molecule has 1 N–H and O–H groups in total. The van der Waals surface area contributed by atoms with Gasteiger partial charge in [0.1, 0.15) is 0 Å². The van der Waals surface area contributed by atoms with E-state index in [1.54, 1.807) is 6.07 Å². The molecule has 4 nitrogen and oxygen atoms in total. The van der Waals surface area contributed by atoms with Gasteiger partial charge in [0.15, 0.2) is 0 Å². The summed E-state index contributed by atoms with van der Waals surface area (Å²) in [5.74, 6) is -0.258. The normalized spacial score (nSPS) is 10.2. The Bertz CT molecular complexity index is 474. The molecule has 1 amide bonds. The quantitative estimate of drug-likeness (QED) is 0.611. The van der Waals surface area contributed by atoms with E-state index in [2.05, 4.69) is 26.0 Å². The maximum absolute atomic E-state index is 12.0. The predicted octanol–water partition coefficient (Wildman–Crippen LogP) is 3.22. The van der Waals surface area contributed by atoms with Crippen molar-refractivity contribution < 1.29 is 14.3 Å². The van der Waals surface area contributed by atoms with E-state index in [4.69, 9.17) is 0 Å². The molecule has 20 heavy (non-hydrogen) atoms. The third-order valence-corrected chi connectivity index (χ3v) is 4.06. The Morgan fingerprint density at radius 2 is 2.00 bits per heavy atom. The van der Waals surface area contributed by atoms with Crippen LogP contribution in [0.1, 0.15) is 41.6 Å². The zero-order valence-electron chi connectivity index (χ0n) is 11.9. The number of hydrogen-bond donors (Lipinski definition) is 1. The molecule has 0 bridgehead atoms. The minimum absolute atomic E-state index is 0.0754. The van der Waals surface area contributed by atoms with Crippen LogP contribution in [-0.2, 0) is 9.53 Å². The summed E-state index contributed by atoms with van der Waals surface area (Å²) < 4.78 is 5.40. The number of aryl methyl sites for hydroxylation is 1. The largest absolute Gasteiger partial charge is 0.469 e. The highest BCUT2D eigenvalue weighted by molar-refractivity contribution is 9.10. The molecule has 0 fully saturated rings. The molecule has 5 heteroatoms. The average Bonchev–Trinajstić information content (AvgIpc) is 2.44. The highest BCUT2D eigenvalue weighted by Crippen LogP contribution is 2.20. The van der Waals surface area contributed by atoms with Gasteiger partial charge in [-0.2, -0.15) is 0 Å². The number of nitrogens with one attached hydrogen (secondary N) is 1. The lowest BCUT2D eigenvalue weighted by Crippen LogP contribution is -2.24. The van der Waals surface area contributed by atoms with E-state index < -0.39 is 0 Å². The van der Waals surface area contributed by atoms with Crippen molar-refractivity contribution in [2.75, 3.05) is 13.7 Å². The molecule has 0 aliphatic heterocycles. The minimum atomic E-state index is -0.183. The van der Waals surface area contributed by atoms with Crippen LogP contribution in [-0.4, -0.2) is 25.5 Å². The lowest BCUT2D eigenvalue weighted by Gasteiger charge is -2.08. The number of amides is 1. The molecule has 0 radical (unpaired) electrons. The standard InChI is InChI=1S/C15H20BrNO3/c1-11-7-6-8-12(14(11)16)15(19)17-10-5-3-4-9-13(18)20-2/h6-8H,3-5,9-10H2,1-2H3,(H,17,19). The summed E-state index contributed by atoms with van der Waals surface area (Å²) >= 11 is 3.43. The summed E-state index contributed by atoms with van der Waals surface area (Å²) in [6.07, 6.45) is 2.97. The molecule has 0 saturated carbocycles. The Morgan fingerprint density at radius 3 is 2.70 bits per heavy atom. The first-order chi connectivity index (χ1) is 9.56. The lowest BCUT2D eigenvalue weighted by molar-refractivity contribution is -0.140. The van der Waals surface area contributed by atoms with Crippen LogP contribution in [0, 0.1) is 6.92 Å². The molecule has 0 spiro atoms. The zero-order chi connectivity index (χ0) is 15.0. The molecular formula is C15H20BrNO3. The predicted molar refractivity (Wildman–Crippen MR) is 81.7 cm³/mol. The molecule has 0 saturated heterocycles. The maximum atomic E-state index is 12.0. The second kappa shape index (κ2) is 8.74. The van der Waals surface area contributed by atoms with Crippen LogP contribution < -0.4 is 5.32 Å². The van der Waals surface area contributed by atoms with Crippen LogP contribution in [0.15, 0.2) is 22.7 Å². The van der Waals surface area contributed by atoms with Gasteiger partial charge in [-0.3, -0.25) is 9.59 Å². The van der Waals surface area contributed by atoms with Crippen molar-refractivity contribution >= 4 is 27.8 Å². The van der Waals surface area contributed by atoms with E-state index in [0.29, 0.717) is 18.5 Å². The van der Waals surface area contributed by atoms with E-state index in [0.717, 1.165) is 29.3 Å². The molecule has 0 atom stereocenters. The first-order valence-corrected chi connectivity index (χ1v) is 7.45. The monoisotopic (exact) mass is 341 g/mol. The Hall–Kier alpha value is -1.36. The van der Waals surface area contributed by atoms with Gasteiger partial charge in [-0.15, -0.1) is 0 Å². The number of carbonyl (C=O) groups is 2. The van der Waals surface area contributed by atoms with Gasteiger partial charge in [0.05, 0.1) is 12.7 Å². The van der Waals surface area contributed by atoms with Crippen LogP contribution in [0.25, 0.3) is 0 Å². The van der Waals surface area contributed by atoms with Crippen molar-refractivity contribution in [3.63, 3.8) is 0 Å². The van der Waals surface area contributed by atoms with Crippen LogP contribution >= 0.6 is 15.9 Å². The molecule has 1 aromatic rings. The molecular weight excluding hydrogens is 322 g/mol. The third-order valence-electron chi connectivity index (χ3n) is 3.01.